The number of hydrogen-bond acceptors (Lipinski definition) is 4. The lowest BCUT2D eigenvalue weighted by molar-refractivity contribution is -0.127. The molecular formula is C21H28N2O4. The third-order valence-corrected chi connectivity index (χ3v) is 5.84. The smallest absolute Gasteiger partial charge is 0.335 e. The number of hydrogen-bond donors (Lipinski definition) is 1. The molecule has 1 aromatic carbocycles. The van der Waals surface area contributed by atoms with Gasteiger partial charge in [0.15, 0.2) is 0 Å². The first kappa shape index (κ1) is 19.6. The molecule has 1 aliphatic carbocycles. The number of carbonyl (C=O) groups excluding carboxylic acids is 1. The molecule has 146 valence electrons. The van der Waals surface area contributed by atoms with Crippen LogP contribution in [0.1, 0.15) is 41.6 Å². The second kappa shape index (κ2) is 8.67. The Bertz CT molecular complexity index is 701. The summed E-state index contributed by atoms with van der Waals surface area (Å²) in [5.74, 6) is -0.970. The summed E-state index contributed by atoms with van der Waals surface area (Å²) < 4.78 is 5.48. The number of ether oxygens (including phenoxy) is 1. The lowest BCUT2D eigenvalue weighted by Crippen LogP contribution is -2.48. The summed E-state index contributed by atoms with van der Waals surface area (Å²) in [5, 5.41) is 8.94. The number of carboxylic acids is 1. The van der Waals surface area contributed by atoms with Gasteiger partial charge in [0, 0.05) is 45.4 Å². The molecule has 1 heterocycles. The van der Waals surface area contributed by atoms with Crippen LogP contribution in [0.15, 0.2) is 30.3 Å². The van der Waals surface area contributed by atoms with Gasteiger partial charge in [-0.3, -0.25) is 9.69 Å². The van der Waals surface area contributed by atoms with Crippen molar-refractivity contribution in [1.29, 1.82) is 0 Å². The molecule has 1 amide bonds. The van der Waals surface area contributed by atoms with Crippen LogP contribution in [0.25, 0.3) is 6.08 Å². The van der Waals surface area contributed by atoms with Crippen molar-refractivity contribution in [3.63, 3.8) is 0 Å². The van der Waals surface area contributed by atoms with Crippen molar-refractivity contribution in [3.05, 3.63) is 41.5 Å². The van der Waals surface area contributed by atoms with Crippen LogP contribution in [0.2, 0.25) is 0 Å². The van der Waals surface area contributed by atoms with Gasteiger partial charge in [0.25, 0.3) is 0 Å². The maximum absolute atomic E-state index is 12.7. The molecule has 0 radical (unpaired) electrons. The van der Waals surface area contributed by atoms with E-state index < -0.39 is 5.97 Å². The molecule has 1 aromatic rings. The molecule has 0 aromatic heterocycles. The fourth-order valence-corrected chi connectivity index (χ4v) is 4.23. The zero-order valence-electron chi connectivity index (χ0n) is 16.0. The molecule has 1 N–H and O–H groups in total. The van der Waals surface area contributed by atoms with Crippen LogP contribution >= 0.6 is 0 Å². The summed E-state index contributed by atoms with van der Waals surface area (Å²) in [5.41, 5.74) is 1.05. The van der Waals surface area contributed by atoms with Crippen molar-refractivity contribution in [3.8, 4) is 0 Å². The normalized spacial score (nSPS) is 25.9. The summed E-state index contributed by atoms with van der Waals surface area (Å²) in [6.45, 7) is 1.99. The Morgan fingerprint density at radius 2 is 1.96 bits per heavy atom. The average molecular weight is 372 g/mol. The van der Waals surface area contributed by atoms with Gasteiger partial charge in [-0.1, -0.05) is 12.1 Å². The van der Waals surface area contributed by atoms with Gasteiger partial charge in [-0.25, -0.2) is 4.79 Å². The Balaban J connectivity index is 1.61. The number of likely N-dealkylation sites (tertiary alicyclic amines) is 1. The van der Waals surface area contributed by atoms with Crippen LogP contribution in [0, 0.1) is 0 Å². The van der Waals surface area contributed by atoms with Crippen molar-refractivity contribution in [2.45, 2.75) is 43.9 Å². The highest BCUT2D eigenvalue weighted by Gasteiger charge is 2.38. The Morgan fingerprint density at radius 3 is 2.59 bits per heavy atom. The number of carbonyl (C=O) groups is 2. The zero-order valence-corrected chi connectivity index (χ0v) is 16.0. The summed E-state index contributed by atoms with van der Waals surface area (Å²) >= 11 is 0. The molecule has 1 saturated carbocycles. The van der Waals surface area contributed by atoms with Crippen LogP contribution in [-0.4, -0.2) is 72.2 Å². The summed E-state index contributed by atoms with van der Waals surface area (Å²) in [4.78, 5) is 27.9. The van der Waals surface area contributed by atoms with Crippen molar-refractivity contribution in [1.82, 2.24) is 9.80 Å². The number of nitrogens with zero attached hydrogens (tertiary/aromatic N) is 2. The molecule has 2 aliphatic rings. The third-order valence-electron chi connectivity index (χ3n) is 5.84. The number of methoxy groups -OCH3 is 1. The van der Waals surface area contributed by atoms with Crippen molar-refractivity contribution >= 4 is 18.0 Å². The fraction of sp³-hybridized carbons (Fsp3) is 0.524. The van der Waals surface area contributed by atoms with Gasteiger partial charge >= 0.3 is 5.97 Å². The highest BCUT2D eigenvalue weighted by molar-refractivity contribution is 5.92. The molecule has 0 bridgehead atoms. The number of aromatic carboxylic acids is 1. The molecule has 6 heteroatoms. The van der Waals surface area contributed by atoms with Crippen molar-refractivity contribution < 1.29 is 19.4 Å². The number of rotatable bonds is 6. The van der Waals surface area contributed by atoms with Crippen LogP contribution < -0.4 is 0 Å². The number of likely N-dealkylation sites (N-methyl/N-ethyl adjacent to an activating group) is 1. The number of amides is 1. The lowest BCUT2D eigenvalue weighted by atomic mass is 10.1. The van der Waals surface area contributed by atoms with Gasteiger partial charge in [-0.2, -0.15) is 0 Å². The van der Waals surface area contributed by atoms with Crippen LogP contribution in [0.5, 0.6) is 0 Å². The van der Waals surface area contributed by atoms with Crippen LogP contribution in [0.4, 0.5) is 0 Å². The molecule has 3 atom stereocenters. The van der Waals surface area contributed by atoms with E-state index in [0.29, 0.717) is 12.1 Å². The molecule has 0 spiro atoms. The van der Waals surface area contributed by atoms with E-state index in [4.69, 9.17) is 9.84 Å². The molecule has 1 unspecified atom stereocenters. The average Bonchev–Trinajstić information content (AvgIpc) is 3.34. The van der Waals surface area contributed by atoms with Crippen LogP contribution in [-0.2, 0) is 9.53 Å². The second-order valence-corrected chi connectivity index (χ2v) is 7.42. The zero-order chi connectivity index (χ0) is 19.4. The predicted octanol–water partition coefficient (Wildman–Crippen LogP) is 2.50. The van der Waals surface area contributed by atoms with Gasteiger partial charge in [-0.15, -0.1) is 0 Å². The van der Waals surface area contributed by atoms with E-state index >= 15 is 0 Å². The minimum absolute atomic E-state index is 0.0169. The van der Waals surface area contributed by atoms with Gasteiger partial charge in [0.1, 0.15) is 0 Å². The number of carboxylic acid groups (broad SMARTS) is 1. The number of benzene rings is 1. The molecule has 2 fully saturated rings. The molecule has 3 rings (SSSR count). The highest BCUT2D eigenvalue weighted by atomic mass is 16.5. The quantitative estimate of drug-likeness (QED) is 0.777. The largest absolute Gasteiger partial charge is 0.478 e. The highest BCUT2D eigenvalue weighted by Crippen LogP contribution is 2.31. The maximum atomic E-state index is 12.7. The molecular weight excluding hydrogens is 344 g/mol. The second-order valence-electron chi connectivity index (χ2n) is 7.42. The summed E-state index contributed by atoms with van der Waals surface area (Å²) in [6, 6.07) is 7.14. The fourth-order valence-electron chi connectivity index (χ4n) is 4.23. The van der Waals surface area contributed by atoms with Crippen molar-refractivity contribution in [2.24, 2.45) is 0 Å². The molecule has 1 saturated heterocycles. The van der Waals surface area contributed by atoms with E-state index in [2.05, 4.69) is 4.90 Å². The van der Waals surface area contributed by atoms with Crippen LogP contribution in [0.3, 0.4) is 0 Å². The van der Waals surface area contributed by atoms with Gasteiger partial charge in [0.05, 0.1) is 11.7 Å². The van der Waals surface area contributed by atoms with Gasteiger partial charge < -0.3 is 14.7 Å². The minimum Gasteiger partial charge on any atom is -0.478 e. The SMILES string of the molecule is COC1CCN([C@@H]2CCC[C@@H]2N(C)C(=O)/C=C/c2ccc(C(=O)O)cc2)C1. The standard InChI is InChI=1S/C21H28N2O4/c1-22(18-4-3-5-19(18)23-13-12-17(14-23)27-2)20(24)11-8-15-6-9-16(10-7-15)21(25)26/h6-11,17-19H,3-5,12-14H2,1-2H3,(H,25,26)/b11-8+/t17?,18-,19+/m0/s1. The van der Waals surface area contributed by atoms with E-state index in [0.717, 1.165) is 44.3 Å². The van der Waals surface area contributed by atoms with E-state index in [1.807, 2.05) is 11.9 Å². The first-order valence-electron chi connectivity index (χ1n) is 9.54. The van der Waals surface area contributed by atoms with E-state index in [1.165, 1.54) is 0 Å². The maximum Gasteiger partial charge on any atom is 0.335 e. The lowest BCUT2D eigenvalue weighted by Gasteiger charge is -2.34. The van der Waals surface area contributed by atoms with Gasteiger partial charge in [-0.05, 0) is 49.5 Å². The first-order valence-corrected chi connectivity index (χ1v) is 9.54. The predicted molar refractivity (Wildman–Crippen MR) is 104 cm³/mol. The van der Waals surface area contributed by atoms with E-state index in [-0.39, 0.29) is 17.5 Å². The Morgan fingerprint density at radius 1 is 1.22 bits per heavy atom. The Labute approximate surface area is 160 Å². The van der Waals surface area contributed by atoms with Crippen molar-refractivity contribution in [2.75, 3.05) is 27.2 Å². The summed E-state index contributed by atoms with van der Waals surface area (Å²) in [6.07, 6.45) is 7.98. The summed E-state index contributed by atoms with van der Waals surface area (Å²) in [7, 11) is 3.65. The molecule has 27 heavy (non-hydrogen) atoms. The molecule has 1 aliphatic heterocycles. The van der Waals surface area contributed by atoms with Gasteiger partial charge in [0.2, 0.25) is 5.91 Å². The molecule has 6 nitrogen and oxygen atoms in total. The first-order chi connectivity index (χ1) is 13.0. The topological polar surface area (TPSA) is 70.1 Å². The minimum atomic E-state index is -0.953. The third kappa shape index (κ3) is 4.57. The van der Waals surface area contributed by atoms with E-state index in [1.54, 1.807) is 43.5 Å². The Kier molecular flexibility index (Phi) is 6.29. The monoisotopic (exact) mass is 372 g/mol. The van der Waals surface area contributed by atoms with E-state index in [9.17, 15) is 9.59 Å². The Hall–Kier alpha value is -2.18.